The van der Waals surface area contributed by atoms with Crippen LogP contribution in [0.3, 0.4) is 0 Å². The molecular formula is C16H25N3. The van der Waals surface area contributed by atoms with Crippen molar-refractivity contribution in [2.75, 3.05) is 24.5 Å². The van der Waals surface area contributed by atoms with E-state index in [1.807, 2.05) is 0 Å². The minimum Gasteiger partial charge on any atom is -0.366 e. The summed E-state index contributed by atoms with van der Waals surface area (Å²) < 4.78 is 0. The van der Waals surface area contributed by atoms with Crippen molar-refractivity contribution in [3.05, 3.63) is 29.8 Å². The number of anilines is 1. The molecular weight excluding hydrogens is 234 g/mol. The third-order valence-corrected chi connectivity index (χ3v) is 4.67. The molecule has 1 aromatic carbocycles. The van der Waals surface area contributed by atoms with Crippen LogP contribution < -0.4 is 10.6 Å². The van der Waals surface area contributed by atoms with Crippen molar-refractivity contribution in [3.63, 3.8) is 0 Å². The van der Waals surface area contributed by atoms with Gasteiger partial charge in [0.05, 0.1) is 0 Å². The number of hydrogen-bond donors (Lipinski definition) is 1. The number of nitrogens with two attached hydrogens (primary N) is 1. The number of fused-ring (bicyclic) bond motifs is 1. The summed E-state index contributed by atoms with van der Waals surface area (Å²) in [6.45, 7) is 8.06. The van der Waals surface area contributed by atoms with Crippen LogP contribution in [0.25, 0.3) is 0 Å². The maximum atomic E-state index is 6.14. The van der Waals surface area contributed by atoms with E-state index in [0.717, 1.165) is 12.6 Å². The van der Waals surface area contributed by atoms with Crippen molar-refractivity contribution in [2.45, 2.75) is 44.8 Å². The van der Waals surface area contributed by atoms with Gasteiger partial charge in [-0.05, 0) is 44.9 Å². The van der Waals surface area contributed by atoms with E-state index in [9.17, 15) is 0 Å². The first kappa shape index (κ1) is 12.9. The van der Waals surface area contributed by atoms with Crippen LogP contribution in [-0.2, 0) is 0 Å². The lowest BCUT2D eigenvalue weighted by molar-refractivity contribution is 0.202. The highest BCUT2D eigenvalue weighted by Gasteiger charge is 2.35. The molecule has 0 radical (unpaired) electrons. The first-order valence-corrected chi connectivity index (χ1v) is 7.52. The minimum absolute atomic E-state index is 0.102. The Morgan fingerprint density at radius 3 is 2.84 bits per heavy atom. The summed E-state index contributed by atoms with van der Waals surface area (Å²) in [7, 11) is 0. The van der Waals surface area contributed by atoms with Gasteiger partial charge in [0.2, 0.25) is 0 Å². The second kappa shape index (κ2) is 5.14. The molecule has 2 fully saturated rings. The lowest BCUT2D eigenvalue weighted by atomic mass is 10.0. The SMILES string of the molecule is CC(N)c1ccccc1N1CC2CCCN2CC1C. The zero-order valence-corrected chi connectivity index (χ0v) is 12.0. The molecule has 3 unspecified atom stereocenters. The molecule has 104 valence electrons. The number of benzene rings is 1. The van der Waals surface area contributed by atoms with Gasteiger partial charge in [0.1, 0.15) is 0 Å². The van der Waals surface area contributed by atoms with Gasteiger partial charge in [-0.3, -0.25) is 4.90 Å². The van der Waals surface area contributed by atoms with Crippen molar-refractivity contribution in [2.24, 2.45) is 5.73 Å². The summed E-state index contributed by atoms with van der Waals surface area (Å²) in [5.41, 5.74) is 8.76. The monoisotopic (exact) mass is 259 g/mol. The number of nitrogens with zero attached hydrogens (tertiary/aromatic N) is 2. The molecule has 0 aliphatic carbocycles. The molecule has 0 bridgehead atoms. The van der Waals surface area contributed by atoms with E-state index in [4.69, 9.17) is 5.73 Å². The Balaban J connectivity index is 1.89. The Labute approximate surface area is 116 Å². The molecule has 3 nitrogen and oxygen atoms in total. The van der Waals surface area contributed by atoms with Crippen LogP contribution in [-0.4, -0.2) is 36.6 Å². The average molecular weight is 259 g/mol. The summed E-state index contributed by atoms with van der Waals surface area (Å²) in [5.74, 6) is 0. The third-order valence-electron chi connectivity index (χ3n) is 4.67. The van der Waals surface area contributed by atoms with E-state index in [-0.39, 0.29) is 6.04 Å². The topological polar surface area (TPSA) is 32.5 Å². The molecule has 2 saturated heterocycles. The fourth-order valence-electron chi connectivity index (χ4n) is 3.66. The van der Waals surface area contributed by atoms with Gasteiger partial charge in [0.15, 0.2) is 0 Å². The van der Waals surface area contributed by atoms with Gasteiger partial charge in [-0.2, -0.15) is 0 Å². The van der Waals surface area contributed by atoms with Crippen molar-refractivity contribution >= 4 is 5.69 Å². The number of rotatable bonds is 2. The number of para-hydroxylation sites is 1. The minimum atomic E-state index is 0.102. The lowest BCUT2D eigenvalue weighted by Crippen LogP contribution is -2.55. The standard InChI is InChI=1S/C16H25N3/c1-12-10-18-9-5-6-14(18)11-19(12)16-8-4-3-7-15(16)13(2)17/h3-4,7-8,12-14H,5-6,9-11,17H2,1-2H3. The Morgan fingerprint density at radius 1 is 1.26 bits per heavy atom. The predicted molar refractivity (Wildman–Crippen MR) is 80.4 cm³/mol. The maximum absolute atomic E-state index is 6.14. The van der Waals surface area contributed by atoms with E-state index < -0.39 is 0 Å². The van der Waals surface area contributed by atoms with Gasteiger partial charge >= 0.3 is 0 Å². The van der Waals surface area contributed by atoms with Crippen LogP contribution in [0.1, 0.15) is 38.3 Å². The summed E-state index contributed by atoms with van der Waals surface area (Å²) in [6, 6.07) is 10.1. The second-order valence-electron chi connectivity index (χ2n) is 6.14. The zero-order chi connectivity index (χ0) is 13.4. The Bertz CT molecular complexity index is 443. The molecule has 3 rings (SSSR count). The van der Waals surface area contributed by atoms with Gasteiger partial charge in [-0.15, -0.1) is 0 Å². The Hall–Kier alpha value is -1.06. The van der Waals surface area contributed by atoms with Crippen LogP contribution in [0.15, 0.2) is 24.3 Å². The quantitative estimate of drug-likeness (QED) is 0.885. The van der Waals surface area contributed by atoms with Crippen LogP contribution in [0.2, 0.25) is 0 Å². The van der Waals surface area contributed by atoms with Crippen LogP contribution in [0, 0.1) is 0 Å². The molecule has 0 saturated carbocycles. The third kappa shape index (κ3) is 2.37. The van der Waals surface area contributed by atoms with E-state index >= 15 is 0 Å². The Morgan fingerprint density at radius 2 is 2.05 bits per heavy atom. The molecule has 2 heterocycles. The molecule has 1 aromatic rings. The zero-order valence-electron chi connectivity index (χ0n) is 12.0. The van der Waals surface area contributed by atoms with Crippen LogP contribution in [0.4, 0.5) is 5.69 Å². The fourth-order valence-corrected chi connectivity index (χ4v) is 3.66. The summed E-state index contributed by atoms with van der Waals surface area (Å²) >= 11 is 0. The summed E-state index contributed by atoms with van der Waals surface area (Å²) in [6.07, 6.45) is 2.71. The summed E-state index contributed by atoms with van der Waals surface area (Å²) in [5, 5.41) is 0. The highest BCUT2D eigenvalue weighted by molar-refractivity contribution is 5.56. The largest absolute Gasteiger partial charge is 0.366 e. The highest BCUT2D eigenvalue weighted by Crippen LogP contribution is 2.32. The van der Waals surface area contributed by atoms with Gasteiger partial charge in [0.25, 0.3) is 0 Å². The molecule has 0 amide bonds. The first-order chi connectivity index (χ1) is 9.16. The van der Waals surface area contributed by atoms with Gasteiger partial charge < -0.3 is 10.6 Å². The molecule has 2 aliphatic rings. The molecule has 2 aliphatic heterocycles. The van der Waals surface area contributed by atoms with Crippen LogP contribution in [0.5, 0.6) is 0 Å². The molecule has 19 heavy (non-hydrogen) atoms. The molecule has 0 spiro atoms. The Kier molecular flexibility index (Phi) is 3.50. The average Bonchev–Trinajstić information content (AvgIpc) is 2.84. The van der Waals surface area contributed by atoms with Crippen molar-refractivity contribution < 1.29 is 0 Å². The second-order valence-corrected chi connectivity index (χ2v) is 6.14. The smallest absolute Gasteiger partial charge is 0.0417 e. The van der Waals surface area contributed by atoms with Crippen molar-refractivity contribution in [3.8, 4) is 0 Å². The maximum Gasteiger partial charge on any atom is 0.0417 e. The first-order valence-electron chi connectivity index (χ1n) is 7.52. The van der Waals surface area contributed by atoms with Gasteiger partial charge in [-0.1, -0.05) is 18.2 Å². The van der Waals surface area contributed by atoms with E-state index in [2.05, 4.69) is 47.9 Å². The molecule has 2 N–H and O–H groups in total. The lowest BCUT2D eigenvalue weighted by Gasteiger charge is -2.44. The van der Waals surface area contributed by atoms with Gasteiger partial charge in [0, 0.05) is 36.9 Å². The van der Waals surface area contributed by atoms with E-state index in [0.29, 0.717) is 6.04 Å². The van der Waals surface area contributed by atoms with E-state index in [1.54, 1.807) is 0 Å². The van der Waals surface area contributed by atoms with E-state index in [1.165, 1.54) is 37.2 Å². The van der Waals surface area contributed by atoms with Crippen molar-refractivity contribution in [1.82, 2.24) is 4.90 Å². The van der Waals surface area contributed by atoms with Crippen LogP contribution >= 0.6 is 0 Å². The highest BCUT2D eigenvalue weighted by atomic mass is 15.3. The summed E-state index contributed by atoms with van der Waals surface area (Å²) in [4.78, 5) is 5.24. The number of piperazine rings is 1. The normalized spacial score (nSPS) is 29.3. The van der Waals surface area contributed by atoms with Crippen molar-refractivity contribution in [1.29, 1.82) is 0 Å². The molecule has 3 atom stereocenters. The molecule has 3 heteroatoms. The molecule has 0 aromatic heterocycles. The fraction of sp³-hybridized carbons (Fsp3) is 0.625. The predicted octanol–water partition coefficient (Wildman–Crippen LogP) is 2.38. The number of hydrogen-bond acceptors (Lipinski definition) is 3. The van der Waals surface area contributed by atoms with Gasteiger partial charge in [-0.25, -0.2) is 0 Å².